The average Bonchev–Trinajstić information content (AvgIpc) is 3.06. The molecule has 0 unspecified atom stereocenters. The van der Waals surface area contributed by atoms with Crippen LogP contribution in [0.3, 0.4) is 0 Å². The van der Waals surface area contributed by atoms with E-state index in [1.807, 2.05) is 24.3 Å². The van der Waals surface area contributed by atoms with Gasteiger partial charge in [-0.1, -0.05) is 6.07 Å². The monoisotopic (exact) mass is 337 g/mol. The van der Waals surface area contributed by atoms with Gasteiger partial charge in [-0.2, -0.15) is 5.10 Å². The van der Waals surface area contributed by atoms with E-state index in [-0.39, 0.29) is 11.9 Å². The van der Waals surface area contributed by atoms with Crippen molar-refractivity contribution in [3.05, 3.63) is 42.4 Å². The Morgan fingerprint density at radius 1 is 1.20 bits per heavy atom. The fourth-order valence-electron chi connectivity index (χ4n) is 3.08. The molecule has 4 N–H and O–H groups in total. The van der Waals surface area contributed by atoms with Crippen LogP contribution < -0.4 is 11.1 Å². The van der Waals surface area contributed by atoms with Crippen molar-refractivity contribution in [2.45, 2.75) is 18.9 Å². The lowest BCUT2D eigenvalue weighted by Crippen LogP contribution is -2.39. The van der Waals surface area contributed by atoms with E-state index < -0.39 is 0 Å². The fourth-order valence-corrected chi connectivity index (χ4v) is 3.08. The Morgan fingerprint density at radius 2 is 2.04 bits per heavy atom. The number of carbonyl (C=O) groups excluding carboxylic acids is 1. The summed E-state index contributed by atoms with van der Waals surface area (Å²) in [5.41, 5.74) is 9.48. The highest BCUT2D eigenvalue weighted by molar-refractivity contribution is 6.05. The lowest BCUT2D eigenvalue weighted by Gasteiger charge is -2.22. The first-order valence-corrected chi connectivity index (χ1v) is 8.28. The third kappa shape index (κ3) is 3.18. The fraction of sp³-hybridized carbons (Fsp3) is 0.278. The highest BCUT2D eigenvalue weighted by atomic mass is 16.5. The number of carbonyl (C=O) groups is 1. The predicted molar refractivity (Wildman–Crippen MR) is 95.0 cm³/mol. The number of nitrogen functional groups attached to an aromatic ring is 1. The minimum absolute atomic E-state index is 0.134. The van der Waals surface area contributed by atoms with E-state index in [0.29, 0.717) is 24.6 Å². The van der Waals surface area contributed by atoms with Crippen LogP contribution in [0, 0.1) is 0 Å². The molecule has 0 bridgehead atoms. The highest BCUT2D eigenvalue weighted by Crippen LogP contribution is 2.26. The van der Waals surface area contributed by atoms with Crippen LogP contribution in [0.4, 0.5) is 5.69 Å². The number of rotatable bonds is 3. The lowest BCUT2D eigenvalue weighted by atomic mass is 10.0. The van der Waals surface area contributed by atoms with Crippen LogP contribution in [0.1, 0.15) is 23.3 Å². The Kier molecular flexibility index (Phi) is 4.07. The number of hydrogen-bond acceptors (Lipinski definition) is 5. The molecule has 7 heteroatoms. The third-order valence-electron chi connectivity index (χ3n) is 4.43. The average molecular weight is 337 g/mol. The first-order chi connectivity index (χ1) is 12.2. The molecular weight excluding hydrogens is 318 g/mol. The number of ether oxygens (including phenoxy) is 1. The summed E-state index contributed by atoms with van der Waals surface area (Å²) in [6, 6.07) is 7.79. The van der Waals surface area contributed by atoms with Crippen LogP contribution in [0.25, 0.3) is 22.0 Å². The van der Waals surface area contributed by atoms with E-state index >= 15 is 0 Å². The highest BCUT2D eigenvalue weighted by Gasteiger charge is 2.20. The number of fused-ring (bicyclic) bond motifs is 1. The summed E-state index contributed by atoms with van der Waals surface area (Å²) in [5.74, 6) is -0.166. The molecule has 1 aromatic carbocycles. The smallest absolute Gasteiger partial charge is 0.272 e. The van der Waals surface area contributed by atoms with E-state index in [9.17, 15) is 4.79 Å². The summed E-state index contributed by atoms with van der Waals surface area (Å²) in [6.45, 7) is 1.36. The second-order valence-corrected chi connectivity index (χ2v) is 6.20. The molecule has 3 heterocycles. The van der Waals surface area contributed by atoms with Gasteiger partial charge in [0, 0.05) is 42.6 Å². The van der Waals surface area contributed by atoms with Gasteiger partial charge in [0.2, 0.25) is 0 Å². The van der Waals surface area contributed by atoms with Gasteiger partial charge in [0.25, 0.3) is 5.91 Å². The Balaban J connectivity index is 1.65. The standard InChI is InChI=1S/C18H19N5O2/c19-13-7-12(9-20-10-13)11-1-2-16-15(8-11)17(23-22-16)18(24)21-14-3-5-25-6-4-14/h1-2,7-10,14H,3-6,19H2,(H,21,24)(H,22,23). The van der Waals surface area contributed by atoms with Crippen molar-refractivity contribution in [2.24, 2.45) is 0 Å². The van der Waals surface area contributed by atoms with Gasteiger partial charge in [-0.15, -0.1) is 0 Å². The van der Waals surface area contributed by atoms with Crippen LogP contribution in [-0.2, 0) is 4.74 Å². The SMILES string of the molecule is Nc1cncc(-c2ccc3[nH]nc(C(=O)NC4CCOCC4)c3c2)c1. The van der Waals surface area contributed by atoms with E-state index in [4.69, 9.17) is 10.5 Å². The first kappa shape index (κ1) is 15.6. The van der Waals surface area contributed by atoms with Crippen molar-refractivity contribution >= 4 is 22.5 Å². The van der Waals surface area contributed by atoms with Crippen LogP contribution in [0.15, 0.2) is 36.7 Å². The van der Waals surface area contributed by atoms with E-state index in [2.05, 4.69) is 20.5 Å². The van der Waals surface area contributed by atoms with Gasteiger partial charge in [0.15, 0.2) is 5.69 Å². The van der Waals surface area contributed by atoms with Gasteiger partial charge in [0.05, 0.1) is 11.2 Å². The second kappa shape index (κ2) is 6.52. The van der Waals surface area contributed by atoms with Crippen molar-refractivity contribution in [2.75, 3.05) is 18.9 Å². The molecule has 0 aliphatic carbocycles. The number of amides is 1. The number of benzene rings is 1. The summed E-state index contributed by atoms with van der Waals surface area (Å²) in [6.07, 6.45) is 5.01. The van der Waals surface area contributed by atoms with E-state index in [1.165, 1.54) is 0 Å². The predicted octanol–water partition coefficient (Wildman–Crippen LogP) is 2.12. The zero-order valence-electron chi connectivity index (χ0n) is 13.7. The van der Waals surface area contributed by atoms with Gasteiger partial charge < -0.3 is 15.8 Å². The zero-order chi connectivity index (χ0) is 17.2. The number of anilines is 1. The number of hydrogen-bond donors (Lipinski definition) is 3. The minimum Gasteiger partial charge on any atom is -0.397 e. The summed E-state index contributed by atoms with van der Waals surface area (Å²) >= 11 is 0. The van der Waals surface area contributed by atoms with Crippen LogP contribution in [0.2, 0.25) is 0 Å². The van der Waals surface area contributed by atoms with Crippen LogP contribution in [-0.4, -0.2) is 40.3 Å². The maximum atomic E-state index is 12.6. The second-order valence-electron chi connectivity index (χ2n) is 6.20. The Morgan fingerprint density at radius 3 is 2.84 bits per heavy atom. The Bertz CT molecular complexity index is 915. The summed E-state index contributed by atoms with van der Waals surface area (Å²) in [5, 5.41) is 11.0. The van der Waals surface area contributed by atoms with Crippen molar-refractivity contribution < 1.29 is 9.53 Å². The molecule has 0 spiro atoms. The number of nitrogens with one attached hydrogen (secondary N) is 2. The van der Waals surface area contributed by atoms with Crippen molar-refractivity contribution in [1.29, 1.82) is 0 Å². The molecule has 2 aromatic heterocycles. The quantitative estimate of drug-likeness (QED) is 0.679. The Hall–Kier alpha value is -2.93. The molecule has 25 heavy (non-hydrogen) atoms. The van der Waals surface area contributed by atoms with Gasteiger partial charge in [-0.05, 0) is 36.6 Å². The molecule has 1 amide bonds. The van der Waals surface area contributed by atoms with Gasteiger partial charge >= 0.3 is 0 Å². The number of aromatic nitrogens is 3. The third-order valence-corrected chi connectivity index (χ3v) is 4.43. The maximum Gasteiger partial charge on any atom is 0.272 e. The Labute approximate surface area is 144 Å². The number of nitrogens with two attached hydrogens (primary N) is 1. The van der Waals surface area contributed by atoms with Crippen LogP contribution >= 0.6 is 0 Å². The number of H-pyrrole nitrogens is 1. The van der Waals surface area contributed by atoms with Gasteiger partial charge in [-0.25, -0.2) is 0 Å². The molecule has 0 atom stereocenters. The summed E-state index contributed by atoms with van der Waals surface area (Å²) < 4.78 is 5.33. The summed E-state index contributed by atoms with van der Waals surface area (Å²) in [4.78, 5) is 16.7. The van der Waals surface area contributed by atoms with Crippen LogP contribution in [0.5, 0.6) is 0 Å². The van der Waals surface area contributed by atoms with Gasteiger partial charge in [0.1, 0.15) is 0 Å². The molecule has 128 valence electrons. The molecule has 1 saturated heterocycles. The molecule has 1 aliphatic heterocycles. The molecule has 3 aromatic rings. The van der Waals surface area contributed by atoms with Gasteiger partial charge in [-0.3, -0.25) is 14.9 Å². The van der Waals surface area contributed by atoms with Crippen molar-refractivity contribution in [3.63, 3.8) is 0 Å². The van der Waals surface area contributed by atoms with Crippen molar-refractivity contribution in [3.8, 4) is 11.1 Å². The molecule has 1 aliphatic rings. The lowest BCUT2D eigenvalue weighted by molar-refractivity contribution is 0.0695. The molecule has 4 rings (SSSR count). The molecule has 1 fully saturated rings. The van der Waals surface area contributed by atoms with Crippen molar-refractivity contribution in [1.82, 2.24) is 20.5 Å². The molecule has 0 saturated carbocycles. The minimum atomic E-state index is -0.166. The largest absolute Gasteiger partial charge is 0.397 e. The number of nitrogens with zero attached hydrogens (tertiary/aromatic N) is 2. The number of aromatic amines is 1. The first-order valence-electron chi connectivity index (χ1n) is 8.28. The van der Waals surface area contributed by atoms with E-state index in [1.54, 1.807) is 12.4 Å². The zero-order valence-corrected chi connectivity index (χ0v) is 13.7. The molecule has 0 radical (unpaired) electrons. The normalized spacial score (nSPS) is 15.4. The number of pyridine rings is 1. The summed E-state index contributed by atoms with van der Waals surface area (Å²) in [7, 11) is 0. The van der Waals surface area contributed by atoms with E-state index in [0.717, 1.165) is 34.9 Å². The molecule has 7 nitrogen and oxygen atoms in total. The maximum absolute atomic E-state index is 12.6. The molecular formula is C18H19N5O2. The topological polar surface area (TPSA) is 106 Å².